The Morgan fingerprint density at radius 3 is 2.12 bits per heavy atom. The molecule has 3 heteroatoms. The minimum absolute atomic E-state index is 0.360. The zero-order valence-corrected chi connectivity index (χ0v) is 11.8. The van der Waals surface area contributed by atoms with Gasteiger partial charge in [-0.15, -0.1) is 0 Å². The maximum Gasteiger partial charge on any atom is 0.508 e. The van der Waals surface area contributed by atoms with Gasteiger partial charge in [0, 0.05) is 0 Å². The number of unbranched alkanes of at least 4 members (excludes halogenated alkanes) is 3. The Morgan fingerprint density at radius 2 is 1.53 bits per heavy atom. The van der Waals surface area contributed by atoms with Crippen molar-refractivity contribution in [2.24, 2.45) is 11.8 Å². The normalized spacial score (nSPS) is 10.9. The monoisotopic (exact) mass is 244 g/mol. The molecule has 0 radical (unpaired) electrons. The number of hydrogen-bond acceptors (Lipinski definition) is 3. The lowest BCUT2D eigenvalue weighted by molar-refractivity contribution is 0.0465. The second kappa shape index (κ2) is 10.4. The van der Waals surface area contributed by atoms with Gasteiger partial charge in [-0.3, -0.25) is 0 Å². The van der Waals surface area contributed by atoms with E-state index in [-0.39, 0.29) is 0 Å². The highest BCUT2D eigenvalue weighted by atomic mass is 16.7. The molecule has 0 aromatic heterocycles. The first-order valence-electron chi connectivity index (χ1n) is 6.82. The van der Waals surface area contributed by atoms with Crippen molar-refractivity contribution in [1.29, 1.82) is 0 Å². The molecule has 0 heterocycles. The van der Waals surface area contributed by atoms with Crippen LogP contribution >= 0.6 is 0 Å². The summed E-state index contributed by atoms with van der Waals surface area (Å²) in [5.41, 5.74) is 0. The fraction of sp³-hybridized carbons (Fsp3) is 0.929. The molecule has 17 heavy (non-hydrogen) atoms. The molecular weight excluding hydrogens is 216 g/mol. The lowest BCUT2D eigenvalue weighted by atomic mass is 10.0. The van der Waals surface area contributed by atoms with Gasteiger partial charge < -0.3 is 9.47 Å². The lowest BCUT2D eigenvalue weighted by Gasteiger charge is -2.08. The highest BCUT2D eigenvalue weighted by Crippen LogP contribution is 2.09. The van der Waals surface area contributed by atoms with Crippen molar-refractivity contribution in [2.45, 2.75) is 59.8 Å². The SMILES string of the molecule is CC(C)CCCCCCOC(=O)OCC(C)C. The molecule has 0 aromatic rings. The van der Waals surface area contributed by atoms with Gasteiger partial charge in [0.2, 0.25) is 0 Å². The van der Waals surface area contributed by atoms with E-state index in [4.69, 9.17) is 9.47 Å². The van der Waals surface area contributed by atoms with Crippen molar-refractivity contribution in [3.63, 3.8) is 0 Å². The van der Waals surface area contributed by atoms with Crippen LogP contribution in [0.1, 0.15) is 59.8 Å². The standard InChI is InChI=1S/C14H28O3/c1-12(2)9-7-5-6-8-10-16-14(15)17-11-13(3)4/h12-13H,5-11H2,1-4H3. The molecule has 0 aliphatic heterocycles. The number of carbonyl (C=O) groups excluding carboxylic acids is 1. The average Bonchev–Trinajstić information content (AvgIpc) is 2.24. The Balaban J connectivity index is 3.19. The Kier molecular flexibility index (Phi) is 9.98. The zero-order valence-electron chi connectivity index (χ0n) is 11.8. The van der Waals surface area contributed by atoms with E-state index in [1.807, 2.05) is 13.8 Å². The van der Waals surface area contributed by atoms with Crippen molar-refractivity contribution < 1.29 is 14.3 Å². The summed E-state index contributed by atoms with van der Waals surface area (Å²) in [4.78, 5) is 11.1. The molecule has 0 aliphatic carbocycles. The van der Waals surface area contributed by atoms with Gasteiger partial charge in [-0.1, -0.05) is 53.4 Å². The first kappa shape index (κ1) is 16.3. The minimum Gasteiger partial charge on any atom is -0.434 e. The van der Waals surface area contributed by atoms with Gasteiger partial charge in [-0.05, 0) is 18.3 Å². The second-order valence-corrected chi connectivity index (χ2v) is 5.40. The van der Waals surface area contributed by atoms with Crippen LogP contribution in [0.15, 0.2) is 0 Å². The summed E-state index contributed by atoms with van der Waals surface area (Å²) in [5, 5.41) is 0. The first-order chi connectivity index (χ1) is 8.02. The van der Waals surface area contributed by atoms with Gasteiger partial charge in [-0.25, -0.2) is 4.79 Å². The number of carbonyl (C=O) groups is 1. The maximum atomic E-state index is 11.1. The zero-order chi connectivity index (χ0) is 13.1. The third-order valence-electron chi connectivity index (χ3n) is 2.43. The van der Waals surface area contributed by atoms with Gasteiger partial charge >= 0.3 is 6.16 Å². The Labute approximate surface area is 106 Å². The molecule has 0 N–H and O–H groups in total. The van der Waals surface area contributed by atoms with E-state index in [1.54, 1.807) is 0 Å². The van der Waals surface area contributed by atoms with Gasteiger partial charge in [0.05, 0.1) is 13.2 Å². The van der Waals surface area contributed by atoms with Crippen molar-refractivity contribution >= 4 is 6.16 Å². The molecule has 0 aliphatic rings. The number of hydrogen-bond donors (Lipinski definition) is 0. The van der Waals surface area contributed by atoms with Crippen LogP contribution in [-0.4, -0.2) is 19.4 Å². The Hall–Kier alpha value is -0.730. The molecule has 0 unspecified atom stereocenters. The smallest absolute Gasteiger partial charge is 0.434 e. The molecular formula is C14H28O3. The molecule has 0 saturated heterocycles. The molecule has 0 atom stereocenters. The van der Waals surface area contributed by atoms with E-state index < -0.39 is 6.16 Å². The molecule has 0 aromatic carbocycles. The first-order valence-corrected chi connectivity index (χ1v) is 6.82. The van der Waals surface area contributed by atoms with Crippen LogP contribution < -0.4 is 0 Å². The van der Waals surface area contributed by atoms with Crippen LogP contribution in [-0.2, 0) is 9.47 Å². The van der Waals surface area contributed by atoms with E-state index in [0.29, 0.717) is 19.1 Å². The lowest BCUT2D eigenvalue weighted by Crippen LogP contribution is -2.12. The Bertz CT molecular complexity index is 188. The van der Waals surface area contributed by atoms with Crippen molar-refractivity contribution in [3.05, 3.63) is 0 Å². The molecule has 102 valence electrons. The van der Waals surface area contributed by atoms with Crippen molar-refractivity contribution in [1.82, 2.24) is 0 Å². The largest absolute Gasteiger partial charge is 0.508 e. The summed E-state index contributed by atoms with van der Waals surface area (Å²) in [7, 11) is 0. The van der Waals surface area contributed by atoms with Crippen LogP contribution in [0.25, 0.3) is 0 Å². The summed E-state index contributed by atoms with van der Waals surface area (Å²) in [6.07, 6.45) is 5.33. The molecule has 0 fully saturated rings. The molecule has 0 rings (SSSR count). The maximum absolute atomic E-state index is 11.1. The van der Waals surface area contributed by atoms with Crippen LogP contribution in [0.3, 0.4) is 0 Å². The summed E-state index contributed by atoms with van der Waals surface area (Å²) in [6.45, 7) is 9.41. The van der Waals surface area contributed by atoms with Gasteiger partial charge in [0.25, 0.3) is 0 Å². The molecule has 0 spiro atoms. The predicted molar refractivity (Wildman–Crippen MR) is 70.1 cm³/mol. The van der Waals surface area contributed by atoms with Gasteiger partial charge in [0.15, 0.2) is 0 Å². The van der Waals surface area contributed by atoms with Gasteiger partial charge in [-0.2, -0.15) is 0 Å². The molecule has 3 nitrogen and oxygen atoms in total. The van der Waals surface area contributed by atoms with E-state index in [9.17, 15) is 4.79 Å². The van der Waals surface area contributed by atoms with E-state index in [2.05, 4.69) is 13.8 Å². The van der Waals surface area contributed by atoms with Gasteiger partial charge in [0.1, 0.15) is 0 Å². The molecule has 0 saturated carbocycles. The fourth-order valence-corrected chi connectivity index (χ4v) is 1.44. The van der Waals surface area contributed by atoms with Crippen LogP contribution in [0.5, 0.6) is 0 Å². The van der Waals surface area contributed by atoms with Crippen molar-refractivity contribution in [3.8, 4) is 0 Å². The summed E-state index contributed by atoms with van der Waals surface area (Å²) >= 11 is 0. The summed E-state index contributed by atoms with van der Waals surface area (Å²) < 4.78 is 9.86. The molecule has 0 bridgehead atoms. The summed E-state index contributed by atoms with van der Waals surface area (Å²) in [6, 6.07) is 0. The topological polar surface area (TPSA) is 35.5 Å². The van der Waals surface area contributed by atoms with E-state index >= 15 is 0 Å². The minimum atomic E-state index is -0.527. The van der Waals surface area contributed by atoms with Crippen LogP contribution in [0.4, 0.5) is 4.79 Å². The molecule has 0 amide bonds. The van der Waals surface area contributed by atoms with Crippen LogP contribution in [0, 0.1) is 11.8 Å². The number of rotatable bonds is 9. The highest BCUT2D eigenvalue weighted by molar-refractivity contribution is 5.59. The Morgan fingerprint density at radius 1 is 0.882 bits per heavy atom. The quantitative estimate of drug-likeness (QED) is 0.445. The number of ether oxygens (including phenoxy) is 2. The van der Waals surface area contributed by atoms with Crippen LogP contribution in [0.2, 0.25) is 0 Å². The second-order valence-electron chi connectivity index (χ2n) is 5.40. The third kappa shape index (κ3) is 13.2. The van der Waals surface area contributed by atoms with E-state index in [0.717, 1.165) is 18.8 Å². The highest BCUT2D eigenvalue weighted by Gasteiger charge is 2.04. The fourth-order valence-electron chi connectivity index (χ4n) is 1.44. The average molecular weight is 244 g/mol. The summed E-state index contributed by atoms with van der Waals surface area (Å²) in [5.74, 6) is 1.15. The van der Waals surface area contributed by atoms with E-state index in [1.165, 1.54) is 19.3 Å². The third-order valence-corrected chi connectivity index (χ3v) is 2.43. The van der Waals surface area contributed by atoms with Crippen molar-refractivity contribution in [2.75, 3.05) is 13.2 Å². The predicted octanol–water partition coefficient (Wildman–Crippen LogP) is 4.40.